The Morgan fingerprint density at radius 3 is 2.44 bits per heavy atom. The molecule has 0 radical (unpaired) electrons. The Labute approximate surface area is 198 Å². The van der Waals surface area contributed by atoms with E-state index >= 15 is 0 Å². The molecule has 2 aromatic carbocycles. The molecule has 3 aromatic rings. The Morgan fingerprint density at radius 2 is 1.71 bits per heavy atom. The maximum atomic E-state index is 13.2. The number of pyridine rings is 1. The van der Waals surface area contributed by atoms with Gasteiger partial charge in [0.05, 0.1) is 11.1 Å². The largest absolute Gasteiger partial charge is 0.452 e. The average Bonchev–Trinajstić information content (AvgIpc) is 2.83. The summed E-state index contributed by atoms with van der Waals surface area (Å²) >= 11 is 0. The number of aromatic nitrogens is 1. The maximum absolute atomic E-state index is 13.2. The van der Waals surface area contributed by atoms with Crippen molar-refractivity contribution in [2.75, 3.05) is 6.61 Å². The van der Waals surface area contributed by atoms with Crippen LogP contribution in [0.2, 0.25) is 0 Å². The van der Waals surface area contributed by atoms with Gasteiger partial charge in [0.25, 0.3) is 11.8 Å². The van der Waals surface area contributed by atoms with Crippen LogP contribution in [0.5, 0.6) is 0 Å². The molecule has 2 amide bonds. The fraction of sp³-hybridized carbons (Fsp3) is 0.333. The molecule has 176 valence electrons. The standard InChI is InChI=1S/C27H29N3O4/c1-27(2,3)18-13-14-22-20(15-18)24(19-11-7-8-12-21(19)28-22)26(33)34-16-23(31)29-30-25(32)17-9-5-4-6-10-17/h4-12,18H,13-16H2,1-3H3,(H,29,31)(H,30,32). The van der Waals surface area contributed by atoms with E-state index in [2.05, 4.69) is 31.6 Å². The number of amides is 2. The van der Waals surface area contributed by atoms with Gasteiger partial charge in [0, 0.05) is 16.6 Å². The van der Waals surface area contributed by atoms with Crippen molar-refractivity contribution >= 4 is 28.7 Å². The van der Waals surface area contributed by atoms with E-state index in [1.165, 1.54) is 0 Å². The van der Waals surface area contributed by atoms with Crippen molar-refractivity contribution in [1.82, 2.24) is 15.8 Å². The zero-order valence-corrected chi connectivity index (χ0v) is 19.7. The lowest BCUT2D eigenvalue weighted by Crippen LogP contribution is -2.43. The lowest BCUT2D eigenvalue weighted by Gasteiger charge is -2.35. The van der Waals surface area contributed by atoms with Crippen LogP contribution in [0.15, 0.2) is 54.6 Å². The van der Waals surface area contributed by atoms with Crippen molar-refractivity contribution in [2.24, 2.45) is 11.3 Å². The number of aryl methyl sites for hydroxylation is 1. The number of rotatable bonds is 4. The van der Waals surface area contributed by atoms with Crippen LogP contribution in [0.3, 0.4) is 0 Å². The van der Waals surface area contributed by atoms with E-state index in [-0.39, 0.29) is 5.41 Å². The van der Waals surface area contributed by atoms with Gasteiger partial charge in [-0.25, -0.2) is 4.79 Å². The van der Waals surface area contributed by atoms with Gasteiger partial charge in [-0.3, -0.25) is 25.4 Å². The molecule has 0 saturated heterocycles. The highest BCUT2D eigenvalue weighted by molar-refractivity contribution is 6.05. The molecule has 0 saturated carbocycles. The molecule has 0 bridgehead atoms. The molecule has 1 aromatic heterocycles. The monoisotopic (exact) mass is 459 g/mol. The second kappa shape index (κ2) is 9.63. The molecular weight excluding hydrogens is 430 g/mol. The molecule has 1 aliphatic rings. The summed E-state index contributed by atoms with van der Waals surface area (Å²) in [5.41, 5.74) is 8.17. The summed E-state index contributed by atoms with van der Waals surface area (Å²) in [7, 11) is 0. The maximum Gasteiger partial charge on any atom is 0.339 e. The van der Waals surface area contributed by atoms with Gasteiger partial charge in [-0.1, -0.05) is 57.2 Å². The number of carbonyl (C=O) groups is 3. The van der Waals surface area contributed by atoms with Crippen LogP contribution in [0.4, 0.5) is 0 Å². The summed E-state index contributed by atoms with van der Waals surface area (Å²) in [5.74, 6) is -1.24. The van der Waals surface area contributed by atoms with Gasteiger partial charge in [-0.15, -0.1) is 0 Å². The Morgan fingerprint density at radius 1 is 1.00 bits per heavy atom. The van der Waals surface area contributed by atoms with Crippen molar-refractivity contribution in [3.05, 3.63) is 77.0 Å². The number of ether oxygens (including phenoxy) is 1. The normalized spacial score (nSPS) is 15.3. The van der Waals surface area contributed by atoms with Gasteiger partial charge < -0.3 is 4.74 Å². The number of benzene rings is 2. The second-order valence-electron chi connectivity index (χ2n) is 9.68. The van der Waals surface area contributed by atoms with Crippen molar-refractivity contribution in [1.29, 1.82) is 0 Å². The molecule has 4 rings (SSSR count). The Balaban J connectivity index is 1.50. The number of hydrogen-bond acceptors (Lipinski definition) is 5. The van der Waals surface area contributed by atoms with Crippen molar-refractivity contribution in [3.63, 3.8) is 0 Å². The fourth-order valence-corrected chi connectivity index (χ4v) is 4.39. The Kier molecular flexibility index (Phi) is 6.63. The molecule has 1 heterocycles. The first-order valence-electron chi connectivity index (χ1n) is 11.5. The van der Waals surface area contributed by atoms with Gasteiger partial charge in [-0.2, -0.15) is 0 Å². The highest BCUT2D eigenvalue weighted by atomic mass is 16.5. The van der Waals surface area contributed by atoms with E-state index in [1.54, 1.807) is 30.3 Å². The first-order chi connectivity index (χ1) is 16.2. The lowest BCUT2D eigenvalue weighted by atomic mass is 9.70. The van der Waals surface area contributed by atoms with Crippen molar-refractivity contribution in [2.45, 2.75) is 40.0 Å². The Bertz CT molecular complexity index is 1230. The van der Waals surface area contributed by atoms with Gasteiger partial charge >= 0.3 is 5.97 Å². The van der Waals surface area contributed by atoms with Crippen LogP contribution in [0.1, 0.15) is 59.2 Å². The van der Waals surface area contributed by atoms with Gasteiger partial charge in [-0.05, 0) is 54.4 Å². The molecule has 1 unspecified atom stereocenters. The second-order valence-corrected chi connectivity index (χ2v) is 9.68. The summed E-state index contributed by atoms with van der Waals surface area (Å²) in [6.45, 7) is 6.12. The third-order valence-electron chi connectivity index (χ3n) is 6.37. The fourth-order valence-electron chi connectivity index (χ4n) is 4.39. The quantitative estimate of drug-likeness (QED) is 0.454. The minimum atomic E-state index is -0.627. The minimum Gasteiger partial charge on any atom is -0.452 e. The number of nitrogens with one attached hydrogen (secondary N) is 2. The van der Waals surface area contributed by atoms with E-state index in [9.17, 15) is 14.4 Å². The smallest absolute Gasteiger partial charge is 0.339 e. The SMILES string of the molecule is CC(C)(C)C1CCc2nc3ccccc3c(C(=O)OCC(=O)NNC(=O)c3ccccc3)c2C1. The topological polar surface area (TPSA) is 97.4 Å². The molecule has 0 fully saturated rings. The molecule has 2 N–H and O–H groups in total. The third kappa shape index (κ3) is 5.09. The number of hydrazine groups is 1. The number of fused-ring (bicyclic) bond motifs is 2. The minimum absolute atomic E-state index is 0.0986. The molecular formula is C27H29N3O4. The summed E-state index contributed by atoms with van der Waals surface area (Å²) in [4.78, 5) is 42.4. The van der Waals surface area contributed by atoms with E-state index in [0.29, 0.717) is 17.0 Å². The first-order valence-corrected chi connectivity index (χ1v) is 11.5. The van der Waals surface area contributed by atoms with Crippen LogP contribution in [0.25, 0.3) is 10.9 Å². The highest BCUT2D eigenvalue weighted by Gasteiger charge is 2.33. The van der Waals surface area contributed by atoms with Crippen LogP contribution < -0.4 is 10.9 Å². The predicted molar refractivity (Wildman–Crippen MR) is 129 cm³/mol. The molecule has 7 heteroatoms. The van der Waals surface area contributed by atoms with Crippen LogP contribution in [0, 0.1) is 11.3 Å². The molecule has 0 spiro atoms. The van der Waals surface area contributed by atoms with Gasteiger partial charge in [0.15, 0.2) is 6.61 Å². The van der Waals surface area contributed by atoms with Gasteiger partial charge in [0.2, 0.25) is 0 Å². The number of carbonyl (C=O) groups excluding carboxylic acids is 3. The van der Waals surface area contributed by atoms with E-state index in [1.807, 2.05) is 24.3 Å². The van der Waals surface area contributed by atoms with Gasteiger partial charge in [0.1, 0.15) is 0 Å². The van der Waals surface area contributed by atoms with Crippen molar-refractivity contribution < 1.29 is 19.1 Å². The van der Waals surface area contributed by atoms with Crippen LogP contribution in [-0.2, 0) is 22.4 Å². The summed E-state index contributed by atoms with van der Waals surface area (Å²) < 4.78 is 5.39. The molecule has 34 heavy (non-hydrogen) atoms. The molecule has 7 nitrogen and oxygen atoms in total. The zero-order chi connectivity index (χ0) is 24.3. The predicted octanol–water partition coefficient (Wildman–Crippen LogP) is 4.00. The van der Waals surface area contributed by atoms with Crippen LogP contribution in [-0.4, -0.2) is 29.4 Å². The zero-order valence-electron chi connectivity index (χ0n) is 19.7. The third-order valence-corrected chi connectivity index (χ3v) is 6.37. The lowest BCUT2D eigenvalue weighted by molar-refractivity contribution is -0.125. The Hall–Kier alpha value is -3.74. The first kappa shape index (κ1) is 23.4. The van der Waals surface area contributed by atoms with E-state index in [0.717, 1.165) is 41.4 Å². The number of esters is 1. The number of nitrogens with zero attached hydrogens (tertiary/aromatic N) is 1. The summed E-state index contributed by atoms with van der Waals surface area (Å²) in [6, 6.07) is 16.0. The van der Waals surface area contributed by atoms with E-state index in [4.69, 9.17) is 9.72 Å². The number of hydrogen-bond donors (Lipinski definition) is 2. The summed E-state index contributed by atoms with van der Waals surface area (Å²) in [6.07, 6.45) is 2.55. The number of para-hydroxylation sites is 1. The molecule has 1 aliphatic carbocycles. The van der Waals surface area contributed by atoms with Crippen molar-refractivity contribution in [3.8, 4) is 0 Å². The highest BCUT2D eigenvalue weighted by Crippen LogP contribution is 2.39. The van der Waals surface area contributed by atoms with Crippen LogP contribution >= 0.6 is 0 Å². The molecule has 0 aliphatic heterocycles. The van der Waals surface area contributed by atoms with E-state index < -0.39 is 24.4 Å². The molecule has 1 atom stereocenters. The average molecular weight is 460 g/mol. The summed E-state index contributed by atoms with van der Waals surface area (Å²) in [5, 5.41) is 0.721.